The van der Waals surface area contributed by atoms with Crippen LogP contribution in [0.1, 0.15) is 26.3 Å². The summed E-state index contributed by atoms with van der Waals surface area (Å²) in [5, 5.41) is 9.03. The number of benzene rings is 1. The number of guanidine groups is 1. The molecule has 0 fully saturated rings. The van der Waals surface area contributed by atoms with Gasteiger partial charge < -0.3 is 20.7 Å². The zero-order valence-electron chi connectivity index (χ0n) is 14.9. The molecule has 6 nitrogen and oxygen atoms in total. The van der Waals surface area contributed by atoms with Crippen LogP contribution in [0.2, 0.25) is 0 Å². The van der Waals surface area contributed by atoms with E-state index in [1.165, 1.54) is 0 Å². The smallest absolute Gasteiger partial charge is 0.241 e. The number of carbonyl (C=O) groups excluding carboxylic acids is 1. The summed E-state index contributed by atoms with van der Waals surface area (Å²) in [5.74, 6) is 1.40. The molecule has 0 aliphatic carbocycles. The molecular weight excluding hydrogens is 419 g/mol. The van der Waals surface area contributed by atoms with Crippen LogP contribution in [0.4, 0.5) is 0 Å². The van der Waals surface area contributed by atoms with E-state index in [2.05, 4.69) is 20.9 Å². The fraction of sp³-hybridized carbons (Fsp3) is 0.529. The van der Waals surface area contributed by atoms with Crippen molar-refractivity contribution < 1.29 is 9.53 Å². The van der Waals surface area contributed by atoms with Crippen molar-refractivity contribution in [1.29, 1.82) is 0 Å². The van der Waals surface area contributed by atoms with Crippen molar-refractivity contribution in [2.24, 2.45) is 4.99 Å². The SMILES string of the molecule is CCNC(=O)CN=C(NCC)NCC(C)Oc1ccccc1C.I. The van der Waals surface area contributed by atoms with Crippen molar-refractivity contribution >= 4 is 35.8 Å². The van der Waals surface area contributed by atoms with Crippen molar-refractivity contribution in [2.45, 2.75) is 33.8 Å². The molecule has 0 saturated heterocycles. The maximum absolute atomic E-state index is 11.5. The molecule has 1 amide bonds. The topological polar surface area (TPSA) is 74.8 Å². The molecule has 0 aliphatic heterocycles. The number of rotatable bonds is 8. The maximum atomic E-state index is 11.5. The minimum Gasteiger partial charge on any atom is -0.489 e. The van der Waals surface area contributed by atoms with Crippen molar-refractivity contribution in [3.63, 3.8) is 0 Å². The van der Waals surface area contributed by atoms with Crippen LogP contribution >= 0.6 is 24.0 Å². The Hall–Kier alpha value is -1.51. The van der Waals surface area contributed by atoms with Crippen molar-refractivity contribution in [3.8, 4) is 5.75 Å². The second-order valence-electron chi connectivity index (χ2n) is 5.22. The first-order valence-electron chi connectivity index (χ1n) is 8.08. The van der Waals surface area contributed by atoms with Gasteiger partial charge >= 0.3 is 0 Å². The second kappa shape index (κ2) is 12.9. The molecule has 1 atom stereocenters. The van der Waals surface area contributed by atoms with Crippen LogP contribution in [0.25, 0.3) is 0 Å². The predicted octanol–water partition coefficient (Wildman–Crippen LogP) is 2.07. The number of aryl methyl sites for hydroxylation is 1. The number of amides is 1. The van der Waals surface area contributed by atoms with Crippen LogP contribution in [-0.4, -0.2) is 44.1 Å². The van der Waals surface area contributed by atoms with E-state index >= 15 is 0 Å². The van der Waals surface area contributed by atoms with Crippen LogP contribution < -0.4 is 20.7 Å². The Morgan fingerprint density at radius 3 is 2.46 bits per heavy atom. The lowest BCUT2D eigenvalue weighted by Gasteiger charge is -2.18. The zero-order valence-corrected chi connectivity index (χ0v) is 17.2. The van der Waals surface area contributed by atoms with Crippen molar-refractivity contribution in [1.82, 2.24) is 16.0 Å². The molecular formula is C17H29IN4O2. The first-order valence-corrected chi connectivity index (χ1v) is 8.08. The Bertz CT molecular complexity index is 523. The lowest BCUT2D eigenvalue weighted by Crippen LogP contribution is -2.42. The molecule has 0 bridgehead atoms. The summed E-state index contributed by atoms with van der Waals surface area (Å²) in [6.07, 6.45) is -0.0237. The van der Waals surface area contributed by atoms with E-state index in [9.17, 15) is 4.79 Å². The molecule has 136 valence electrons. The minimum atomic E-state index is -0.0890. The van der Waals surface area contributed by atoms with Gasteiger partial charge in [0.1, 0.15) is 18.4 Å². The standard InChI is InChI=1S/C17H28N4O2.HI/c1-5-18-16(22)12-21-17(19-6-2)20-11-14(4)23-15-10-8-7-9-13(15)3;/h7-10,14H,5-6,11-12H2,1-4H3,(H,18,22)(H2,19,20,21);1H. The average Bonchev–Trinajstić information content (AvgIpc) is 2.52. The summed E-state index contributed by atoms with van der Waals surface area (Å²) in [6, 6.07) is 7.93. The van der Waals surface area contributed by atoms with E-state index in [1.54, 1.807) is 0 Å². The highest BCUT2D eigenvalue weighted by Gasteiger charge is 2.07. The number of carbonyl (C=O) groups is 1. The lowest BCUT2D eigenvalue weighted by molar-refractivity contribution is -0.119. The van der Waals surface area contributed by atoms with Crippen molar-refractivity contribution in [2.75, 3.05) is 26.2 Å². The van der Waals surface area contributed by atoms with Gasteiger partial charge in [0, 0.05) is 13.1 Å². The summed E-state index contributed by atoms with van der Waals surface area (Å²) >= 11 is 0. The Morgan fingerprint density at radius 1 is 1.17 bits per heavy atom. The van der Waals surface area contributed by atoms with Crippen LogP contribution in [0.5, 0.6) is 5.75 Å². The summed E-state index contributed by atoms with van der Waals surface area (Å²) in [4.78, 5) is 15.7. The molecule has 7 heteroatoms. The van der Waals surface area contributed by atoms with Crippen molar-refractivity contribution in [3.05, 3.63) is 29.8 Å². The number of ether oxygens (including phenoxy) is 1. The third kappa shape index (κ3) is 8.95. The van der Waals surface area contributed by atoms with Gasteiger partial charge in [-0.25, -0.2) is 4.99 Å². The summed E-state index contributed by atoms with van der Waals surface area (Å²) < 4.78 is 5.91. The van der Waals surface area contributed by atoms with Gasteiger partial charge in [-0.3, -0.25) is 4.79 Å². The highest BCUT2D eigenvalue weighted by Crippen LogP contribution is 2.17. The quantitative estimate of drug-likeness (QED) is 0.324. The Labute approximate surface area is 161 Å². The first kappa shape index (κ1) is 22.5. The molecule has 0 aromatic heterocycles. The maximum Gasteiger partial charge on any atom is 0.241 e. The number of likely N-dealkylation sites (N-methyl/N-ethyl adjacent to an activating group) is 1. The van der Waals surface area contributed by atoms with Gasteiger partial charge in [-0.2, -0.15) is 0 Å². The first-order chi connectivity index (χ1) is 11.1. The molecule has 0 radical (unpaired) electrons. The molecule has 1 rings (SSSR count). The summed E-state index contributed by atoms with van der Waals surface area (Å²) in [7, 11) is 0. The summed E-state index contributed by atoms with van der Waals surface area (Å²) in [6.45, 7) is 9.92. The number of nitrogens with one attached hydrogen (secondary N) is 3. The number of hydrogen-bond donors (Lipinski definition) is 3. The Kier molecular flexibility index (Phi) is 12.0. The summed E-state index contributed by atoms with van der Waals surface area (Å²) in [5.41, 5.74) is 1.11. The van der Waals surface area contributed by atoms with E-state index in [0.717, 1.165) is 17.9 Å². The van der Waals surface area contributed by atoms with E-state index in [-0.39, 0.29) is 42.5 Å². The molecule has 0 saturated carbocycles. The highest BCUT2D eigenvalue weighted by molar-refractivity contribution is 14.0. The van der Waals surface area contributed by atoms with Crippen LogP contribution in [0.15, 0.2) is 29.3 Å². The van der Waals surface area contributed by atoms with Crippen LogP contribution in [0.3, 0.4) is 0 Å². The number of hydrogen-bond acceptors (Lipinski definition) is 3. The normalized spacial score (nSPS) is 11.9. The van der Waals surface area contributed by atoms with Gasteiger partial charge in [-0.05, 0) is 39.3 Å². The number of para-hydroxylation sites is 1. The molecule has 0 spiro atoms. The molecule has 1 unspecified atom stereocenters. The Morgan fingerprint density at radius 2 is 1.83 bits per heavy atom. The van der Waals surface area contributed by atoms with Gasteiger partial charge in [0.05, 0.1) is 6.54 Å². The number of halogens is 1. The second-order valence-corrected chi connectivity index (χ2v) is 5.22. The van der Waals surface area contributed by atoms with Gasteiger partial charge in [-0.1, -0.05) is 18.2 Å². The number of aliphatic imine (C=N–C) groups is 1. The molecule has 0 heterocycles. The van der Waals surface area contributed by atoms with Gasteiger partial charge in [-0.15, -0.1) is 24.0 Å². The predicted molar refractivity (Wildman–Crippen MR) is 109 cm³/mol. The largest absolute Gasteiger partial charge is 0.489 e. The van der Waals surface area contributed by atoms with Crippen LogP contribution in [0, 0.1) is 6.92 Å². The van der Waals surface area contributed by atoms with E-state index < -0.39 is 0 Å². The molecule has 0 aliphatic rings. The highest BCUT2D eigenvalue weighted by atomic mass is 127. The van der Waals surface area contributed by atoms with E-state index in [1.807, 2.05) is 52.0 Å². The fourth-order valence-electron chi connectivity index (χ4n) is 1.93. The van der Waals surface area contributed by atoms with Crippen LogP contribution in [-0.2, 0) is 4.79 Å². The molecule has 3 N–H and O–H groups in total. The lowest BCUT2D eigenvalue weighted by atomic mass is 10.2. The van der Waals surface area contributed by atoms with E-state index in [0.29, 0.717) is 19.0 Å². The monoisotopic (exact) mass is 448 g/mol. The van der Waals surface area contributed by atoms with Gasteiger partial charge in [0.25, 0.3) is 0 Å². The van der Waals surface area contributed by atoms with E-state index in [4.69, 9.17) is 4.74 Å². The molecule has 1 aromatic rings. The molecule has 24 heavy (non-hydrogen) atoms. The minimum absolute atomic E-state index is 0. The van der Waals surface area contributed by atoms with Gasteiger partial charge in [0.2, 0.25) is 5.91 Å². The average molecular weight is 448 g/mol. The number of nitrogens with zero attached hydrogens (tertiary/aromatic N) is 1. The third-order valence-corrected chi connectivity index (χ3v) is 3.08. The third-order valence-electron chi connectivity index (χ3n) is 3.08. The molecule has 1 aromatic carbocycles. The van der Waals surface area contributed by atoms with Gasteiger partial charge in [0.15, 0.2) is 5.96 Å². The zero-order chi connectivity index (χ0) is 17.1. The fourth-order valence-corrected chi connectivity index (χ4v) is 1.93. The Balaban J connectivity index is 0.00000529.